The highest BCUT2D eigenvalue weighted by Gasteiger charge is 2.08. The number of rotatable bonds is 8. The van der Waals surface area contributed by atoms with E-state index in [1.807, 2.05) is 13.0 Å². The van der Waals surface area contributed by atoms with Gasteiger partial charge in [0, 0.05) is 19.7 Å². The van der Waals surface area contributed by atoms with Crippen LogP contribution in [-0.2, 0) is 4.74 Å². The topological polar surface area (TPSA) is 74.5 Å². The van der Waals surface area contributed by atoms with Crippen molar-refractivity contribution in [2.24, 2.45) is 0 Å². The van der Waals surface area contributed by atoms with Crippen molar-refractivity contribution in [2.75, 3.05) is 26.9 Å². The normalized spacial score (nSPS) is 13.6. The van der Waals surface area contributed by atoms with Crippen LogP contribution < -0.4 is 10.1 Å². The molecule has 0 heterocycles. The molecule has 0 radical (unpaired) electrons. The van der Waals surface area contributed by atoms with E-state index in [9.17, 15) is 5.11 Å². The number of hydrogen-bond acceptors (Lipinski definition) is 5. The number of ether oxygens (including phenoxy) is 2. The van der Waals surface area contributed by atoms with Crippen LogP contribution in [0.3, 0.4) is 0 Å². The molecule has 19 heavy (non-hydrogen) atoms. The molecule has 0 aliphatic rings. The Balaban J connectivity index is 2.29. The number of aliphatic hydroxyl groups excluding tert-OH is 1. The van der Waals surface area contributed by atoms with E-state index in [4.69, 9.17) is 14.7 Å². The maximum atomic E-state index is 9.76. The Bertz CT molecular complexity index is 417. The number of nitriles is 1. The van der Waals surface area contributed by atoms with E-state index >= 15 is 0 Å². The fourth-order valence-electron chi connectivity index (χ4n) is 1.55. The first-order valence-corrected chi connectivity index (χ1v) is 6.19. The van der Waals surface area contributed by atoms with Crippen LogP contribution in [0.5, 0.6) is 5.75 Å². The minimum atomic E-state index is -0.606. The Labute approximate surface area is 113 Å². The van der Waals surface area contributed by atoms with Crippen molar-refractivity contribution >= 4 is 0 Å². The highest BCUT2D eigenvalue weighted by atomic mass is 16.5. The number of aliphatic hydroxyl groups is 1. The third-order valence-corrected chi connectivity index (χ3v) is 2.52. The summed E-state index contributed by atoms with van der Waals surface area (Å²) in [4.78, 5) is 0. The SMILES string of the molecule is COCC(C)NCC(O)COc1cccc(C#N)c1. The number of nitrogens with one attached hydrogen (secondary N) is 1. The van der Waals surface area contributed by atoms with Crippen molar-refractivity contribution in [1.82, 2.24) is 5.32 Å². The Morgan fingerprint density at radius 1 is 1.42 bits per heavy atom. The van der Waals surface area contributed by atoms with Gasteiger partial charge in [0.25, 0.3) is 0 Å². The smallest absolute Gasteiger partial charge is 0.120 e. The molecule has 0 saturated carbocycles. The number of nitrogens with zero attached hydrogens (tertiary/aromatic N) is 1. The van der Waals surface area contributed by atoms with Gasteiger partial charge in [0.1, 0.15) is 18.5 Å². The van der Waals surface area contributed by atoms with Crippen LogP contribution in [0.25, 0.3) is 0 Å². The Morgan fingerprint density at radius 2 is 2.21 bits per heavy atom. The quantitative estimate of drug-likeness (QED) is 0.730. The van der Waals surface area contributed by atoms with Crippen molar-refractivity contribution in [3.05, 3.63) is 29.8 Å². The van der Waals surface area contributed by atoms with Crippen molar-refractivity contribution in [3.8, 4) is 11.8 Å². The molecule has 1 rings (SSSR count). The molecule has 5 heteroatoms. The molecule has 1 aromatic rings. The molecule has 0 amide bonds. The average molecular weight is 264 g/mol. The van der Waals surface area contributed by atoms with Gasteiger partial charge in [0.05, 0.1) is 18.2 Å². The maximum absolute atomic E-state index is 9.76. The Kier molecular flexibility index (Phi) is 6.90. The summed E-state index contributed by atoms with van der Waals surface area (Å²) in [7, 11) is 1.64. The van der Waals surface area contributed by atoms with E-state index in [0.29, 0.717) is 24.5 Å². The molecule has 104 valence electrons. The molecule has 1 aromatic carbocycles. The lowest BCUT2D eigenvalue weighted by molar-refractivity contribution is 0.0973. The fraction of sp³-hybridized carbons (Fsp3) is 0.500. The van der Waals surface area contributed by atoms with Gasteiger partial charge in [-0.15, -0.1) is 0 Å². The van der Waals surface area contributed by atoms with Crippen LogP contribution in [0.4, 0.5) is 0 Å². The van der Waals surface area contributed by atoms with Crippen LogP contribution >= 0.6 is 0 Å². The summed E-state index contributed by atoms with van der Waals surface area (Å²) in [5.41, 5.74) is 0.541. The van der Waals surface area contributed by atoms with Gasteiger partial charge < -0.3 is 19.9 Å². The summed E-state index contributed by atoms with van der Waals surface area (Å²) in [6.07, 6.45) is -0.606. The number of hydrogen-bond donors (Lipinski definition) is 2. The van der Waals surface area contributed by atoms with Gasteiger partial charge in [0.15, 0.2) is 0 Å². The fourth-order valence-corrected chi connectivity index (χ4v) is 1.55. The van der Waals surface area contributed by atoms with E-state index < -0.39 is 6.10 Å². The first-order valence-electron chi connectivity index (χ1n) is 6.19. The third kappa shape index (κ3) is 6.20. The molecule has 5 nitrogen and oxygen atoms in total. The van der Waals surface area contributed by atoms with Crippen molar-refractivity contribution in [3.63, 3.8) is 0 Å². The van der Waals surface area contributed by atoms with Gasteiger partial charge in [-0.25, -0.2) is 0 Å². The number of methoxy groups -OCH3 is 1. The second-order valence-electron chi connectivity index (χ2n) is 4.37. The summed E-state index contributed by atoms with van der Waals surface area (Å²) >= 11 is 0. The van der Waals surface area contributed by atoms with Crippen LogP contribution in [0.2, 0.25) is 0 Å². The van der Waals surface area contributed by atoms with E-state index in [-0.39, 0.29) is 12.6 Å². The van der Waals surface area contributed by atoms with Crippen LogP contribution in [0.15, 0.2) is 24.3 Å². The lowest BCUT2D eigenvalue weighted by Gasteiger charge is -2.17. The second-order valence-corrected chi connectivity index (χ2v) is 4.37. The molecule has 2 N–H and O–H groups in total. The van der Waals surface area contributed by atoms with Gasteiger partial charge in [-0.1, -0.05) is 6.07 Å². The molecule has 0 fully saturated rings. The van der Waals surface area contributed by atoms with Gasteiger partial charge in [-0.05, 0) is 25.1 Å². The van der Waals surface area contributed by atoms with E-state index in [1.54, 1.807) is 31.4 Å². The average Bonchev–Trinajstić information content (AvgIpc) is 2.43. The predicted molar refractivity (Wildman–Crippen MR) is 72.0 cm³/mol. The largest absolute Gasteiger partial charge is 0.491 e. The summed E-state index contributed by atoms with van der Waals surface area (Å²) in [5, 5.41) is 21.7. The standard InChI is InChI=1S/C14H20N2O3/c1-11(9-18-2)16-8-13(17)10-19-14-5-3-4-12(6-14)7-15/h3-6,11,13,16-17H,8-10H2,1-2H3. The van der Waals surface area contributed by atoms with Crippen molar-refractivity contribution in [2.45, 2.75) is 19.1 Å². The van der Waals surface area contributed by atoms with Gasteiger partial charge in [0.2, 0.25) is 0 Å². The summed E-state index contributed by atoms with van der Waals surface area (Å²) in [5.74, 6) is 0.586. The highest BCUT2D eigenvalue weighted by molar-refractivity contribution is 5.36. The van der Waals surface area contributed by atoms with Crippen molar-refractivity contribution < 1.29 is 14.6 Å². The van der Waals surface area contributed by atoms with Crippen molar-refractivity contribution in [1.29, 1.82) is 5.26 Å². The van der Waals surface area contributed by atoms with Crippen LogP contribution in [-0.4, -0.2) is 44.1 Å². The maximum Gasteiger partial charge on any atom is 0.120 e. The van der Waals surface area contributed by atoms with Gasteiger partial charge >= 0.3 is 0 Å². The first-order chi connectivity index (χ1) is 9.15. The zero-order valence-electron chi connectivity index (χ0n) is 11.3. The Hall–Kier alpha value is -1.61. The molecular formula is C14H20N2O3. The molecule has 0 aromatic heterocycles. The summed E-state index contributed by atoms with van der Waals surface area (Å²) in [6.45, 7) is 3.19. The predicted octanol–water partition coefficient (Wildman–Crippen LogP) is 0.922. The van der Waals surface area contributed by atoms with E-state index in [2.05, 4.69) is 5.32 Å². The first kappa shape index (κ1) is 15.4. The molecule has 0 bridgehead atoms. The third-order valence-electron chi connectivity index (χ3n) is 2.52. The highest BCUT2D eigenvalue weighted by Crippen LogP contribution is 2.12. The summed E-state index contributed by atoms with van der Waals surface area (Å²) in [6, 6.07) is 9.08. The molecular weight excluding hydrogens is 244 g/mol. The zero-order valence-corrected chi connectivity index (χ0v) is 11.3. The molecule has 2 unspecified atom stereocenters. The van der Waals surface area contributed by atoms with Crippen LogP contribution in [0, 0.1) is 11.3 Å². The van der Waals surface area contributed by atoms with E-state index in [0.717, 1.165) is 0 Å². The van der Waals surface area contributed by atoms with Crippen LogP contribution in [0.1, 0.15) is 12.5 Å². The monoisotopic (exact) mass is 264 g/mol. The molecule has 0 spiro atoms. The lowest BCUT2D eigenvalue weighted by Crippen LogP contribution is -2.38. The zero-order chi connectivity index (χ0) is 14.1. The molecule has 2 atom stereocenters. The second kappa shape index (κ2) is 8.48. The minimum Gasteiger partial charge on any atom is -0.491 e. The molecule has 0 aliphatic heterocycles. The summed E-state index contributed by atoms with van der Waals surface area (Å²) < 4.78 is 10.4. The van der Waals surface area contributed by atoms with E-state index in [1.165, 1.54) is 0 Å². The number of benzene rings is 1. The Morgan fingerprint density at radius 3 is 2.89 bits per heavy atom. The molecule has 0 saturated heterocycles. The molecule has 0 aliphatic carbocycles. The van der Waals surface area contributed by atoms with Gasteiger partial charge in [-0.2, -0.15) is 5.26 Å². The minimum absolute atomic E-state index is 0.182. The lowest BCUT2D eigenvalue weighted by atomic mass is 10.2. The van der Waals surface area contributed by atoms with Gasteiger partial charge in [-0.3, -0.25) is 0 Å².